The smallest absolute Gasteiger partial charge is 0.245 e. The number of benzene rings is 2. The highest BCUT2D eigenvalue weighted by Gasteiger charge is 2.34. The number of carbonyl (C=O) groups excluding carboxylic acids is 1. The second-order valence-electron chi connectivity index (χ2n) is 5.70. The molecule has 2 aromatic carbocycles. The van der Waals surface area contributed by atoms with E-state index in [0.717, 1.165) is 16.8 Å². The number of hydrogen-bond donors (Lipinski definition) is 3. The molecule has 0 aromatic heterocycles. The molecule has 0 saturated heterocycles. The molecule has 8 heteroatoms. The van der Waals surface area contributed by atoms with Gasteiger partial charge in [-0.1, -0.05) is 82.8 Å². The first-order chi connectivity index (χ1) is 12.7. The van der Waals surface area contributed by atoms with Crippen LogP contribution in [0.2, 0.25) is 0 Å². The average molecular weight is 443 g/mol. The second kappa shape index (κ2) is 9.95. The third-order valence-electron chi connectivity index (χ3n) is 3.39. The first-order valence-electron chi connectivity index (χ1n) is 7.98. The van der Waals surface area contributed by atoms with Crippen molar-refractivity contribution in [1.82, 2.24) is 10.6 Å². The lowest BCUT2D eigenvalue weighted by molar-refractivity contribution is -0.117. The van der Waals surface area contributed by atoms with Gasteiger partial charge in [-0.15, -0.1) is 0 Å². The van der Waals surface area contributed by atoms with Crippen molar-refractivity contribution in [1.29, 1.82) is 0 Å². The lowest BCUT2D eigenvalue weighted by atomic mass is 10.1. The predicted octanol–water partition coefficient (Wildman–Crippen LogP) is 4.81. The van der Waals surface area contributed by atoms with Gasteiger partial charge in [-0.2, -0.15) is 0 Å². The van der Waals surface area contributed by atoms with Crippen molar-refractivity contribution < 1.29 is 4.79 Å². The van der Waals surface area contributed by atoms with Crippen molar-refractivity contribution >= 4 is 69.8 Å². The summed E-state index contributed by atoms with van der Waals surface area (Å²) in [4.78, 5) is 12.2. The summed E-state index contributed by atoms with van der Waals surface area (Å²) < 4.78 is -1.81. The van der Waals surface area contributed by atoms with Crippen LogP contribution in [0.25, 0.3) is 6.08 Å². The van der Waals surface area contributed by atoms with Gasteiger partial charge in [0.15, 0.2) is 5.11 Å². The fourth-order valence-electron chi connectivity index (χ4n) is 2.16. The van der Waals surface area contributed by atoms with E-state index in [1.54, 1.807) is 6.08 Å². The maximum absolute atomic E-state index is 12.2. The minimum absolute atomic E-state index is 0.209. The Morgan fingerprint density at radius 2 is 1.78 bits per heavy atom. The van der Waals surface area contributed by atoms with Crippen LogP contribution < -0.4 is 16.0 Å². The van der Waals surface area contributed by atoms with E-state index in [1.807, 2.05) is 61.5 Å². The van der Waals surface area contributed by atoms with Gasteiger partial charge in [0.25, 0.3) is 0 Å². The SMILES string of the molecule is Cc1cccc(/C=C/C(=O)NC(NC(=S)Nc2ccccc2)C(Cl)(Cl)Cl)c1. The van der Waals surface area contributed by atoms with Crippen molar-refractivity contribution in [3.63, 3.8) is 0 Å². The Balaban J connectivity index is 1.99. The van der Waals surface area contributed by atoms with Gasteiger partial charge >= 0.3 is 0 Å². The van der Waals surface area contributed by atoms with Gasteiger partial charge in [-0.05, 0) is 42.9 Å². The third-order valence-corrected chi connectivity index (χ3v) is 4.26. The Kier molecular flexibility index (Phi) is 7.92. The molecule has 1 amide bonds. The first kappa shape index (κ1) is 21.5. The molecule has 0 aliphatic heterocycles. The summed E-state index contributed by atoms with van der Waals surface area (Å²) in [6.07, 6.45) is 2.02. The fraction of sp³-hybridized carbons (Fsp3) is 0.158. The molecule has 142 valence electrons. The minimum Gasteiger partial charge on any atom is -0.339 e. The number of anilines is 1. The van der Waals surface area contributed by atoms with E-state index in [-0.39, 0.29) is 5.11 Å². The number of aryl methyl sites for hydroxylation is 1. The molecule has 2 aromatic rings. The summed E-state index contributed by atoms with van der Waals surface area (Å²) in [6.45, 7) is 1.97. The first-order valence-corrected chi connectivity index (χ1v) is 9.53. The topological polar surface area (TPSA) is 53.2 Å². The van der Waals surface area contributed by atoms with E-state index in [9.17, 15) is 4.79 Å². The summed E-state index contributed by atoms with van der Waals surface area (Å²) in [7, 11) is 0. The van der Waals surface area contributed by atoms with Crippen molar-refractivity contribution in [2.75, 3.05) is 5.32 Å². The van der Waals surface area contributed by atoms with E-state index in [4.69, 9.17) is 47.0 Å². The Bertz CT molecular complexity index is 822. The van der Waals surface area contributed by atoms with Gasteiger partial charge in [-0.3, -0.25) is 4.79 Å². The second-order valence-corrected chi connectivity index (χ2v) is 8.47. The van der Waals surface area contributed by atoms with Gasteiger partial charge < -0.3 is 16.0 Å². The highest BCUT2D eigenvalue weighted by atomic mass is 35.6. The molecule has 1 unspecified atom stereocenters. The lowest BCUT2D eigenvalue weighted by Crippen LogP contribution is -2.55. The highest BCUT2D eigenvalue weighted by molar-refractivity contribution is 7.80. The minimum atomic E-state index is -1.81. The molecule has 0 radical (unpaired) electrons. The van der Waals surface area contributed by atoms with E-state index in [0.29, 0.717) is 0 Å². The molecule has 0 saturated carbocycles. The molecule has 2 rings (SSSR count). The number of hydrogen-bond acceptors (Lipinski definition) is 2. The molecule has 0 heterocycles. The monoisotopic (exact) mass is 441 g/mol. The maximum Gasteiger partial charge on any atom is 0.245 e. The zero-order valence-electron chi connectivity index (χ0n) is 14.4. The molecule has 0 aliphatic rings. The molecule has 0 spiro atoms. The van der Waals surface area contributed by atoms with Crippen LogP contribution in [0.5, 0.6) is 0 Å². The third kappa shape index (κ3) is 7.77. The van der Waals surface area contributed by atoms with E-state index >= 15 is 0 Å². The number of amides is 1. The summed E-state index contributed by atoms with van der Waals surface area (Å²) in [6, 6.07) is 17.0. The normalized spacial score (nSPS) is 12.4. The van der Waals surface area contributed by atoms with E-state index < -0.39 is 15.9 Å². The molecule has 27 heavy (non-hydrogen) atoms. The van der Waals surface area contributed by atoms with Crippen LogP contribution in [-0.4, -0.2) is 21.0 Å². The van der Waals surface area contributed by atoms with Crippen LogP contribution in [0, 0.1) is 6.92 Å². The number of carbonyl (C=O) groups is 1. The van der Waals surface area contributed by atoms with Crippen molar-refractivity contribution in [2.24, 2.45) is 0 Å². The van der Waals surface area contributed by atoms with Crippen LogP contribution in [-0.2, 0) is 4.79 Å². The quantitative estimate of drug-likeness (QED) is 0.269. The molecule has 3 N–H and O–H groups in total. The fourth-order valence-corrected chi connectivity index (χ4v) is 2.72. The Morgan fingerprint density at radius 3 is 2.41 bits per heavy atom. The lowest BCUT2D eigenvalue weighted by Gasteiger charge is -2.27. The molecular weight excluding hydrogens is 425 g/mol. The van der Waals surface area contributed by atoms with Crippen molar-refractivity contribution in [3.05, 3.63) is 71.8 Å². The maximum atomic E-state index is 12.2. The Hall–Kier alpha value is -1.79. The van der Waals surface area contributed by atoms with Crippen molar-refractivity contribution in [3.8, 4) is 0 Å². The number of rotatable bonds is 5. The van der Waals surface area contributed by atoms with Gasteiger partial charge in [0.1, 0.15) is 6.17 Å². The zero-order valence-corrected chi connectivity index (χ0v) is 17.5. The summed E-state index contributed by atoms with van der Waals surface area (Å²) in [5, 5.41) is 8.57. The van der Waals surface area contributed by atoms with Gasteiger partial charge in [0.2, 0.25) is 9.70 Å². The number of halogens is 3. The standard InChI is InChI=1S/C19H18Cl3N3OS/c1-13-6-5-7-14(12-13)10-11-16(26)24-17(19(20,21)22)25-18(27)23-15-8-3-2-4-9-15/h2-12,17H,1H3,(H,24,26)(H2,23,25,27)/b11-10+. The molecule has 1 atom stereocenters. The largest absolute Gasteiger partial charge is 0.339 e. The Morgan fingerprint density at radius 1 is 1.07 bits per heavy atom. The van der Waals surface area contributed by atoms with Crippen molar-refractivity contribution in [2.45, 2.75) is 16.9 Å². The molecule has 4 nitrogen and oxygen atoms in total. The van der Waals surface area contributed by atoms with Crippen LogP contribution in [0.15, 0.2) is 60.7 Å². The molecule has 0 bridgehead atoms. The number of thiocarbonyl (C=S) groups is 1. The van der Waals surface area contributed by atoms with Crippen LogP contribution in [0.3, 0.4) is 0 Å². The molecular formula is C19H18Cl3N3OS. The van der Waals surface area contributed by atoms with Crippen LogP contribution in [0.4, 0.5) is 5.69 Å². The van der Waals surface area contributed by atoms with E-state index in [1.165, 1.54) is 6.08 Å². The summed E-state index contributed by atoms with van der Waals surface area (Å²) >= 11 is 23.1. The number of alkyl halides is 3. The average Bonchev–Trinajstić information content (AvgIpc) is 2.59. The summed E-state index contributed by atoms with van der Waals surface area (Å²) in [5.74, 6) is -0.428. The Labute approximate surface area is 178 Å². The highest BCUT2D eigenvalue weighted by Crippen LogP contribution is 2.29. The summed E-state index contributed by atoms with van der Waals surface area (Å²) in [5.41, 5.74) is 2.75. The molecule has 0 fully saturated rings. The van der Waals surface area contributed by atoms with Gasteiger partial charge in [0, 0.05) is 11.8 Å². The van der Waals surface area contributed by atoms with Gasteiger partial charge in [0.05, 0.1) is 0 Å². The van der Waals surface area contributed by atoms with Crippen LogP contribution >= 0.6 is 47.0 Å². The predicted molar refractivity (Wildman–Crippen MR) is 118 cm³/mol. The number of para-hydroxylation sites is 1. The zero-order chi connectivity index (χ0) is 19.9. The van der Waals surface area contributed by atoms with Crippen LogP contribution in [0.1, 0.15) is 11.1 Å². The molecule has 0 aliphatic carbocycles. The van der Waals surface area contributed by atoms with Gasteiger partial charge in [-0.25, -0.2) is 0 Å². The number of nitrogens with one attached hydrogen (secondary N) is 3. The van der Waals surface area contributed by atoms with E-state index in [2.05, 4.69) is 16.0 Å².